The number of carboxylic acids is 1. The summed E-state index contributed by atoms with van der Waals surface area (Å²) in [7, 11) is 0. The zero-order chi connectivity index (χ0) is 7.11. The van der Waals surface area contributed by atoms with Crippen LogP contribution in [0.15, 0.2) is 23.8 Å². The van der Waals surface area contributed by atoms with E-state index in [1.165, 1.54) is 11.6 Å². The standard InChI is InChI=1S/C6H7ClO2/c7-5-3-1-2-4-6(8)9/h1-3,5H,4H2,(H,8,9). The fraction of sp³-hybridized carbons (Fsp3) is 0.167. The van der Waals surface area contributed by atoms with Crippen LogP contribution in [-0.4, -0.2) is 11.1 Å². The number of rotatable bonds is 3. The second kappa shape index (κ2) is 5.38. The molecular weight excluding hydrogens is 140 g/mol. The van der Waals surface area contributed by atoms with Gasteiger partial charge in [-0.25, -0.2) is 0 Å². The Balaban J connectivity index is 3.36. The minimum Gasteiger partial charge on any atom is -0.481 e. The molecule has 0 aromatic rings. The summed E-state index contributed by atoms with van der Waals surface area (Å²) in [6, 6.07) is 0. The van der Waals surface area contributed by atoms with Gasteiger partial charge in [0, 0.05) is 5.54 Å². The Morgan fingerprint density at radius 3 is 2.67 bits per heavy atom. The van der Waals surface area contributed by atoms with E-state index in [9.17, 15) is 4.79 Å². The quantitative estimate of drug-likeness (QED) is 0.617. The Morgan fingerprint density at radius 2 is 2.22 bits per heavy atom. The van der Waals surface area contributed by atoms with Gasteiger partial charge in [-0.3, -0.25) is 4.79 Å². The van der Waals surface area contributed by atoms with Gasteiger partial charge in [0.15, 0.2) is 0 Å². The molecule has 0 bridgehead atoms. The molecule has 0 saturated carbocycles. The van der Waals surface area contributed by atoms with Gasteiger partial charge in [0.25, 0.3) is 0 Å². The normalized spacial score (nSPS) is 11.2. The number of allylic oxidation sites excluding steroid dienone is 2. The smallest absolute Gasteiger partial charge is 0.307 e. The topological polar surface area (TPSA) is 37.3 Å². The molecule has 9 heavy (non-hydrogen) atoms. The van der Waals surface area contributed by atoms with Gasteiger partial charge < -0.3 is 5.11 Å². The molecule has 0 heterocycles. The van der Waals surface area contributed by atoms with Crippen LogP contribution in [-0.2, 0) is 4.79 Å². The van der Waals surface area contributed by atoms with Crippen molar-refractivity contribution in [1.82, 2.24) is 0 Å². The number of hydrogen-bond acceptors (Lipinski definition) is 1. The zero-order valence-electron chi connectivity index (χ0n) is 4.75. The van der Waals surface area contributed by atoms with Crippen molar-refractivity contribution in [3.05, 3.63) is 23.8 Å². The van der Waals surface area contributed by atoms with E-state index < -0.39 is 5.97 Å². The average Bonchev–Trinajstić information content (AvgIpc) is 1.80. The first-order chi connectivity index (χ1) is 4.27. The van der Waals surface area contributed by atoms with Crippen LogP contribution in [0.1, 0.15) is 6.42 Å². The van der Waals surface area contributed by atoms with Crippen LogP contribution in [0.5, 0.6) is 0 Å². The second-order valence-electron chi connectivity index (χ2n) is 1.34. The molecule has 0 amide bonds. The van der Waals surface area contributed by atoms with Gasteiger partial charge in [0.1, 0.15) is 0 Å². The second-order valence-corrected chi connectivity index (χ2v) is 1.60. The van der Waals surface area contributed by atoms with Gasteiger partial charge in [0.05, 0.1) is 6.42 Å². The molecule has 3 heteroatoms. The highest BCUT2D eigenvalue weighted by molar-refractivity contribution is 6.25. The lowest BCUT2D eigenvalue weighted by molar-refractivity contribution is -0.135. The molecule has 0 unspecified atom stereocenters. The number of hydrogen-bond donors (Lipinski definition) is 1. The molecule has 50 valence electrons. The van der Waals surface area contributed by atoms with Crippen molar-refractivity contribution >= 4 is 17.6 Å². The molecule has 2 nitrogen and oxygen atoms in total. The highest BCUT2D eigenvalue weighted by atomic mass is 35.5. The summed E-state index contributed by atoms with van der Waals surface area (Å²) in [4.78, 5) is 9.85. The van der Waals surface area contributed by atoms with Crippen LogP contribution in [0.2, 0.25) is 0 Å². The third-order valence-corrected chi connectivity index (χ3v) is 0.758. The Bertz CT molecular complexity index is 138. The Kier molecular flexibility index (Phi) is 4.92. The lowest BCUT2D eigenvalue weighted by atomic mass is 10.4. The molecule has 0 spiro atoms. The van der Waals surface area contributed by atoms with Gasteiger partial charge in [-0.1, -0.05) is 29.8 Å². The van der Waals surface area contributed by atoms with E-state index in [1.54, 1.807) is 12.2 Å². The maximum absolute atomic E-state index is 9.85. The lowest BCUT2D eigenvalue weighted by Crippen LogP contribution is -1.89. The summed E-state index contributed by atoms with van der Waals surface area (Å²) in [6.07, 6.45) is 4.70. The van der Waals surface area contributed by atoms with E-state index in [0.717, 1.165) is 0 Å². The van der Waals surface area contributed by atoms with Crippen molar-refractivity contribution in [3.63, 3.8) is 0 Å². The van der Waals surface area contributed by atoms with Crippen molar-refractivity contribution in [2.24, 2.45) is 0 Å². The number of halogens is 1. The molecule has 0 rings (SSSR count). The summed E-state index contributed by atoms with van der Waals surface area (Å²) in [6.45, 7) is 0. The Morgan fingerprint density at radius 1 is 1.56 bits per heavy atom. The van der Waals surface area contributed by atoms with E-state index in [1.807, 2.05) is 0 Å². The minimum absolute atomic E-state index is 0.0429. The van der Waals surface area contributed by atoms with Gasteiger partial charge in [-0.05, 0) is 0 Å². The highest BCUT2D eigenvalue weighted by Gasteiger charge is 1.86. The Hall–Kier alpha value is -0.760. The molecule has 0 aromatic carbocycles. The molecule has 0 saturated heterocycles. The predicted molar refractivity (Wildman–Crippen MR) is 36.4 cm³/mol. The number of carboxylic acid groups (broad SMARTS) is 1. The van der Waals surface area contributed by atoms with Crippen LogP contribution >= 0.6 is 11.6 Å². The van der Waals surface area contributed by atoms with Crippen LogP contribution in [0.25, 0.3) is 0 Å². The van der Waals surface area contributed by atoms with Crippen molar-refractivity contribution in [2.75, 3.05) is 0 Å². The third-order valence-electron chi connectivity index (χ3n) is 0.612. The van der Waals surface area contributed by atoms with Crippen LogP contribution in [0.3, 0.4) is 0 Å². The lowest BCUT2D eigenvalue weighted by Gasteiger charge is -1.78. The van der Waals surface area contributed by atoms with E-state index in [0.29, 0.717) is 0 Å². The molecule has 0 aliphatic carbocycles. The van der Waals surface area contributed by atoms with Crippen molar-refractivity contribution in [2.45, 2.75) is 6.42 Å². The summed E-state index contributed by atoms with van der Waals surface area (Å²) < 4.78 is 0. The molecule has 0 fully saturated rings. The SMILES string of the molecule is O=C(O)CC=CC=CCl. The molecule has 1 N–H and O–H groups in total. The van der Waals surface area contributed by atoms with Crippen molar-refractivity contribution < 1.29 is 9.90 Å². The fourth-order valence-corrected chi connectivity index (χ4v) is 0.373. The molecular formula is C6H7ClO2. The first-order valence-corrected chi connectivity index (χ1v) is 2.84. The van der Waals surface area contributed by atoms with Gasteiger partial charge in [0.2, 0.25) is 0 Å². The highest BCUT2D eigenvalue weighted by Crippen LogP contribution is 1.85. The summed E-state index contributed by atoms with van der Waals surface area (Å²) >= 11 is 5.14. The van der Waals surface area contributed by atoms with Gasteiger partial charge in [-0.2, -0.15) is 0 Å². The van der Waals surface area contributed by atoms with Crippen molar-refractivity contribution in [3.8, 4) is 0 Å². The van der Waals surface area contributed by atoms with Crippen LogP contribution in [0.4, 0.5) is 0 Å². The molecule has 0 aromatic heterocycles. The first-order valence-electron chi connectivity index (χ1n) is 2.41. The van der Waals surface area contributed by atoms with E-state index in [-0.39, 0.29) is 6.42 Å². The minimum atomic E-state index is -0.839. The van der Waals surface area contributed by atoms with Gasteiger partial charge >= 0.3 is 5.97 Å². The van der Waals surface area contributed by atoms with Crippen LogP contribution < -0.4 is 0 Å². The Labute approximate surface area is 58.4 Å². The maximum atomic E-state index is 9.85. The van der Waals surface area contributed by atoms with Crippen LogP contribution in [0, 0.1) is 0 Å². The number of aliphatic carboxylic acids is 1. The number of carbonyl (C=O) groups is 1. The molecule has 0 aliphatic rings. The van der Waals surface area contributed by atoms with E-state index >= 15 is 0 Å². The molecule has 0 radical (unpaired) electrons. The molecule has 0 aliphatic heterocycles. The van der Waals surface area contributed by atoms with Crippen molar-refractivity contribution in [1.29, 1.82) is 0 Å². The van der Waals surface area contributed by atoms with E-state index in [2.05, 4.69) is 0 Å². The maximum Gasteiger partial charge on any atom is 0.307 e. The average molecular weight is 147 g/mol. The zero-order valence-corrected chi connectivity index (χ0v) is 5.51. The van der Waals surface area contributed by atoms with E-state index in [4.69, 9.17) is 16.7 Å². The monoisotopic (exact) mass is 146 g/mol. The van der Waals surface area contributed by atoms with Gasteiger partial charge in [-0.15, -0.1) is 0 Å². The largest absolute Gasteiger partial charge is 0.481 e. The first kappa shape index (κ1) is 8.24. The third kappa shape index (κ3) is 7.24. The fourth-order valence-electron chi connectivity index (χ4n) is 0.289. The summed E-state index contributed by atoms with van der Waals surface area (Å²) in [5.41, 5.74) is 1.32. The molecule has 0 atom stereocenters. The predicted octanol–water partition coefficient (Wildman–Crippen LogP) is 1.77. The summed E-state index contributed by atoms with van der Waals surface area (Å²) in [5.74, 6) is -0.839. The summed E-state index contributed by atoms with van der Waals surface area (Å²) in [5, 5.41) is 8.10.